The molecule has 0 amide bonds. The molecule has 1 atom stereocenters. The van der Waals surface area contributed by atoms with E-state index in [0.29, 0.717) is 31.7 Å². The second kappa shape index (κ2) is 5.75. The van der Waals surface area contributed by atoms with Crippen LogP contribution >= 0.6 is 50.1 Å². The average molecular weight is 479 g/mol. The highest BCUT2D eigenvalue weighted by Gasteiger charge is 2.16. The lowest BCUT2D eigenvalue weighted by atomic mass is 10.0. The monoisotopic (exact) mass is 478 g/mol. The van der Waals surface area contributed by atoms with E-state index < -0.39 is 6.10 Å². The van der Waals surface area contributed by atoms with Crippen LogP contribution in [0.3, 0.4) is 0 Å². The molecule has 7 heteroatoms. The Bertz CT molecular complexity index is 890. The average Bonchev–Trinajstić information content (AvgIpc) is 2.79. The predicted molar refractivity (Wildman–Crippen MR) is 94.9 cm³/mol. The molecule has 0 aliphatic heterocycles. The van der Waals surface area contributed by atoms with Crippen LogP contribution in [0.5, 0.6) is 0 Å². The molecule has 0 radical (unpaired) electrons. The van der Waals surface area contributed by atoms with Crippen LogP contribution in [0.4, 0.5) is 0 Å². The molecule has 1 unspecified atom stereocenters. The van der Waals surface area contributed by atoms with E-state index in [4.69, 9.17) is 11.6 Å². The zero-order valence-corrected chi connectivity index (χ0v) is 15.0. The molecule has 0 saturated carbocycles. The normalized spacial score (nSPS) is 12.8. The maximum atomic E-state index is 11.3. The maximum absolute atomic E-state index is 11.3. The molecular formula is C14H9BrClIN2O2. The summed E-state index contributed by atoms with van der Waals surface area (Å²) in [4.78, 5) is 16.7. The van der Waals surface area contributed by atoms with E-state index in [9.17, 15) is 9.90 Å². The standard InChI is InChI=1S/C14H9BrClIN2O2/c15-8-5-12-11(18-14(21)19-12)4-7(8)13(20)6-1-2-10(17)9(16)3-6/h1-5,13,20H,(H2,18,19,21). The van der Waals surface area contributed by atoms with E-state index in [2.05, 4.69) is 48.5 Å². The number of aromatic nitrogens is 2. The number of hydrogen-bond donors (Lipinski definition) is 3. The number of aliphatic hydroxyl groups is 1. The lowest BCUT2D eigenvalue weighted by Gasteiger charge is -2.14. The summed E-state index contributed by atoms with van der Waals surface area (Å²) < 4.78 is 1.64. The minimum absolute atomic E-state index is 0.277. The summed E-state index contributed by atoms with van der Waals surface area (Å²) in [6, 6.07) is 8.93. The van der Waals surface area contributed by atoms with Crippen LogP contribution in [-0.2, 0) is 0 Å². The van der Waals surface area contributed by atoms with Crippen molar-refractivity contribution in [3.05, 3.63) is 65.0 Å². The number of fused-ring (bicyclic) bond motifs is 1. The van der Waals surface area contributed by atoms with Gasteiger partial charge in [-0.25, -0.2) is 4.79 Å². The van der Waals surface area contributed by atoms with Crippen LogP contribution < -0.4 is 5.69 Å². The molecular weight excluding hydrogens is 470 g/mol. The summed E-state index contributed by atoms with van der Waals surface area (Å²) in [5.74, 6) is 0. The fourth-order valence-corrected chi connectivity index (χ4v) is 3.23. The van der Waals surface area contributed by atoms with Crippen molar-refractivity contribution in [2.45, 2.75) is 6.10 Å². The number of halogens is 3. The molecule has 0 aliphatic rings. The minimum Gasteiger partial charge on any atom is -0.384 e. The number of nitrogens with one attached hydrogen (secondary N) is 2. The number of H-pyrrole nitrogens is 2. The van der Waals surface area contributed by atoms with Gasteiger partial charge in [-0.15, -0.1) is 0 Å². The number of imidazole rings is 1. The first kappa shape index (κ1) is 15.1. The molecule has 1 aromatic heterocycles. The Morgan fingerprint density at radius 3 is 2.52 bits per heavy atom. The molecule has 0 bridgehead atoms. The second-order valence-corrected chi connectivity index (χ2v) is 7.00. The summed E-state index contributed by atoms with van der Waals surface area (Å²) >= 11 is 11.7. The lowest BCUT2D eigenvalue weighted by Crippen LogP contribution is -2.01. The van der Waals surface area contributed by atoms with Crippen LogP contribution in [-0.4, -0.2) is 15.1 Å². The summed E-state index contributed by atoms with van der Waals surface area (Å²) in [5.41, 5.74) is 2.41. The Kier molecular flexibility index (Phi) is 4.13. The number of rotatable bonds is 2. The van der Waals surface area contributed by atoms with Crippen molar-refractivity contribution in [2.24, 2.45) is 0 Å². The van der Waals surface area contributed by atoms with Crippen molar-refractivity contribution in [2.75, 3.05) is 0 Å². The quantitative estimate of drug-likeness (QED) is 0.487. The van der Waals surface area contributed by atoms with Gasteiger partial charge in [-0.05, 0) is 52.4 Å². The molecule has 2 aromatic carbocycles. The highest BCUT2D eigenvalue weighted by atomic mass is 127. The van der Waals surface area contributed by atoms with Gasteiger partial charge in [0.1, 0.15) is 6.10 Å². The van der Waals surface area contributed by atoms with Gasteiger partial charge in [-0.1, -0.05) is 33.6 Å². The van der Waals surface area contributed by atoms with Crippen LogP contribution in [0, 0.1) is 3.57 Å². The molecule has 108 valence electrons. The second-order valence-electron chi connectivity index (χ2n) is 4.57. The molecule has 0 fully saturated rings. The molecule has 3 aromatic rings. The molecule has 1 heterocycles. The topological polar surface area (TPSA) is 68.9 Å². The van der Waals surface area contributed by atoms with Crippen LogP contribution in [0.1, 0.15) is 17.2 Å². The van der Waals surface area contributed by atoms with Gasteiger partial charge in [0.05, 0.1) is 16.1 Å². The van der Waals surface area contributed by atoms with E-state index >= 15 is 0 Å². The fourth-order valence-electron chi connectivity index (χ4n) is 2.14. The lowest BCUT2D eigenvalue weighted by molar-refractivity contribution is 0.219. The smallest absolute Gasteiger partial charge is 0.323 e. The minimum atomic E-state index is -0.836. The maximum Gasteiger partial charge on any atom is 0.323 e. The van der Waals surface area contributed by atoms with Crippen LogP contribution in [0.25, 0.3) is 11.0 Å². The summed E-state index contributed by atoms with van der Waals surface area (Å²) in [7, 11) is 0. The summed E-state index contributed by atoms with van der Waals surface area (Å²) in [6.07, 6.45) is -0.836. The Balaban J connectivity index is 2.11. The van der Waals surface area contributed by atoms with Crippen molar-refractivity contribution in [1.82, 2.24) is 9.97 Å². The highest BCUT2D eigenvalue weighted by Crippen LogP contribution is 2.32. The summed E-state index contributed by atoms with van der Waals surface area (Å²) in [6.45, 7) is 0. The molecule has 21 heavy (non-hydrogen) atoms. The Hall–Kier alpha value is -0.830. The zero-order chi connectivity index (χ0) is 15.1. The van der Waals surface area contributed by atoms with Gasteiger partial charge in [0.25, 0.3) is 0 Å². The fraction of sp³-hybridized carbons (Fsp3) is 0.0714. The SMILES string of the molecule is O=c1[nH]c2cc(Br)c(C(O)c3ccc(I)c(Cl)c3)cc2[nH]1. The zero-order valence-electron chi connectivity index (χ0n) is 10.5. The Morgan fingerprint density at radius 1 is 1.19 bits per heavy atom. The number of benzene rings is 2. The Morgan fingerprint density at radius 2 is 1.86 bits per heavy atom. The molecule has 0 aliphatic carbocycles. The van der Waals surface area contributed by atoms with Crippen molar-refractivity contribution in [3.8, 4) is 0 Å². The Labute approximate surface area is 146 Å². The van der Waals surface area contributed by atoms with E-state index in [-0.39, 0.29) is 5.69 Å². The van der Waals surface area contributed by atoms with E-state index in [1.165, 1.54) is 0 Å². The first-order valence-electron chi connectivity index (χ1n) is 6.00. The van der Waals surface area contributed by atoms with Gasteiger partial charge < -0.3 is 15.1 Å². The third kappa shape index (κ3) is 2.90. The van der Waals surface area contributed by atoms with E-state index in [1.807, 2.05) is 12.1 Å². The third-order valence-electron chi connectivity index (χ3n) is 3.19. The van der Waals surface area contributed by atoms with Crippen molar-refractivity contribution < 1.29 is 5.11 Å². The van der Waals surface area contributed by atoms with Gasteiger partial charge in [0.15, 0.2) is 0 Å². The molecule has 3 N–H and O–H groups in total. The number of aliphatic hydroxyl groups excluding tert-OH is 1. The molecule has 0 spiro atoms. The first-order valence-corrected chi connectivity index (χ1v) is 8.25. The molecule has 3 rings (SSSR count). The van der Waals surface area contributed by atoms with E-state index in [1.54, 1.807) is 18.2 Å². The van der Waals surface area contributed by atoms with Crippen LogP contribution in [0.15, 0.2) is 39.6 Å². The van der Waals surface area contributed by atoms with Gasteiger partial charge in [-0.2, -0.15) is 0 Å². The van der Waals surface area contributed by atoms with Gasteiger partial charge in [-0.3, -0.25) is 0 Å². The first-order chi connectivity index (χ1) is 9.95. The van der Waals surface area contributed by atoms with E-state index in [0.717, 1.165) is 3.57 Å². The van der Waals surface area contributed by atoms with Crippen LogP contribution in [0.2, 0.25) is 5.02 Å². The van der Waals surface area contributed by atoms with Gasteiger partial charge in [0, 0.05) is 13.6 Å². The van der Waals surface area contributed by atoms with Crippen molar-refractivity contribution in [1.29, 1.82) is 0 Å². The molecule has 0 saturated heterocycles. The largest absolute Gasteiger partial charge is 0.384 e. The predicted octanol–water partition coefficient (Wildman–Crippen LogP) is 3.96. The third-order valence-corrected chi connectivity index (χ3v) is 5.45. The number of aromatic amines is 2. The van der Waals surface area contributed by atoms with Gasteiger partial charge in [0.2, 0.25) is 0 Å². The van der Waals surface area contributed by atoms with Crippen molar-refractivity contribution in [3.63, 3.8) is 0 Å². The molecule has 4 nitrogen and oxygen atoms in total. The summed E-state index contributed by atoms with van der Waals surface area (Å²) in [5, 5.41) is 11.2. The van der Waals surface area contributed by atoms with Crippen molar-refractivity contribution >= 4 is 61.2 Å². The highest BCUT2D eigenvalue weighted by molar-refractivity contribution is 14.1. The number of hydrogen-bond acceptors (Lipinski definition) is 2. The van der Waals surface area contributed by atoms with Gasteiger partial charge >= 0.3 is 5.69 Å².